The minimum atomic E-state index is -1.11. The average molecular weight is 658 g/mol. The standard InChI is InChI=1S/C36H21F2N5O2S2/c1-18-7-11-21(12-8-18)43(22-13-9-19(2)10-14-22)36-24-6-4-3-5-23(24)34(46-36)26-17-39-35(31-29(26)41-47-42-31)40-30-25-15-20(37)16-27(38)28(25)32(44)33(30)45/h3-17H,1-2H3/b40-30-. The molecule has 7 nitrogen and oxygen atoms in total. The summed E-state index contributed by atoms with van der Waals surface area (Å²) in [5.41, 5.74) is 3.73. The van der Waals surface area contributed by atoms with E-state index >= 15 is 0 Å². The third kappa shape index (κ3) is 4.74. The molecule has 0 saturated heterocycles. The molecule has 5 aromatic carbocycles. The molecule has 0 N–H and O–H groups in total. The van der Waals surface area contributed by atoms with Gasteiger partial charge in [-0.05, 0) is 44.2 Å². The van der Waals surface area contributed by atoms with Gasteiger partial charge in [-0.3, -0.25) is 9.59 Å². The van der Waals surface area contributed by atoms with Gasteiger partial charge >= 0.3 is 0 Å². The lowest BCUT2D eigenvalue weighted by atomic mass is 10.1. The van der Waals surface area contributed by atoms with Crippen molar-refractivity contribution in [3.05, 3.63) is 140 Å². The first-order valence-corrected chi connectivity index (χ1v) is 16.1. The van der Waals surface area contributed by atoms with E-state index < -0.39 is 27.9 Å². The van der Waals surface area contributed by atoms with Crippen LogP contribution in [-0.2, 0) is 0 Å². The fourth-order valence-corrected chi connectivity index (χ4v) is 7.66. The highest BCUT2D eigenvalue weighted by atomic mass is 32.1. The van der Waals surface area contributed by atoms with E-state index in [1.165, 1.54) is 0 Å². The number of benzene rings is 4. The Balaban J connectivity index is 1.34. The molecule has 0 radical (unpaired) electrons. The summed E-state index contributed by atoms with van der Waals surface area (Å²) in [6.07, 6.45) is 1.61. The number of hydrogen-bond acceptors (Lipinski definition) is 9. The van der Waals surface area contributed by atoms with Crippen LogP contribution in [0.2, 0.25) is 0 Å². The van der Waals surface area contributed by atoms with Gasteiger partial charge in [0.25, 0.3) is 5.43 Å². The molecule has 3 heterocycles. The highest BCUT2D eigenvalue weighted by molar-refractivity contribution is 7.21. The van der Waals surface area contributed by atoms with Crippen LogP contribution in [0.3, 0.4) is 0 Å². The van der Waals surface area contributed by atoms with E-state index in [1.807, 2.05) is 12.1 Å². The first-order valence-electron chi connectivity index (χ1n) is 14.5. The van der Waals surface area contributed by atoms with Crippen molar-refractivity contribution in [2.75, 3.05) is 4.90 Å². The maximum Gasteiger partial charge on any atom is 0.252 e. The maximum absolute atomic E-state index is 14.5. The molecule has 47 heavy (non-hydrogen) atoms. The number of hydrogen-bond donors (Lipinski definition) is 0. The molecule has 0 aliphatic heterocycles. The molecule has 228 valence electrons. The van der Waals surface area contributed by atoms with Gasteiger partial charge in [0.1, 0.15) is 33.0 Å². The lowest BCUT2D eigenvalue weighted by Gasteiger charge is -2.24. The Labute approximate surface area is 273 Å². The lowest BCUT2D eigenvalue weighted by Crippen LogP contribution is -2.30. The SMILES string of the molecule is Cc1ccc(N(c2ccc(C)cc2)c2sc(-c3cnc(/N=c4\c(=O)c(=O)c5c(F)cc(F)cc45)c4nsnc34)c3ccccc23)cc1. The third-order valence-corrected chi connectivity index (χ3v) is 9.85. The molecule has 8 rings (SSSR count). The van der Waals surface area contributed by atoms with Gasteiger partial charge in [-0.2, -0.15) is 8.75 Å². The molecule has 0 aliphatic carbocycles. The number of halogens is 2. The van der Waals surface area contributed by atoms with Gasteiger partial charge in [-0.25, -0.2) is 18.8 Å². The van der Waals surface area contributed by atoms with E-state index in [1.54, 1.807) is 17.5 Å². The summed E-state index contributed by atoms with van der Waals surface area (Å²) in [4.78, 5) is 37.4. The number of aryl methyl sites for hydroxylation is 2. The summed E-state index contributed by atoms with van der Waals surface area (Å²) in [5.74, 6) is -2.02. The second kappa shape index (κ2) is 11.1. The molecule has 11 heteroatoms. The second-order valence-corrected chi connectivity index (χ2v) is 12.7. The van der Waals surface area contributed by atoms with Crippen molar-refractivity contribution in [2.24, 2.45) is 4.99 Å². The molecule has 3 aromatic heterocycles. The Morgan fingerprint density at radius 2 is 1.38 bits per heavy atom. The predicted molar refractivity (Wildman–Crippen MR) is 184 cm³/mol. The highest BCUT2D eigenvalue weighted by Crippen LogP contribution is 2.50. The van der Waals surface area contributed by atoms with Crippen LogP contribution in [0.1, 0.15) is 11.1 Å². The minimum absolute atomic E-state index is 0.0215. The summed E-state index contributed by atoms with van der Waals surface area (Å²) in [6.45, 7) is 4.12. The van der Waals surface area contributed by atoms with Crippen molar-refractivity contribution in [1.82, 2.24) is 13.7 Å². The van der Waals surface area contributed by atoms with Crippen molar-refractivity contribution in [3.63, 3.8) is 0 Å². The van der Waals surface area contributed by atoms with Gasteiger partial charge in [0.05, 0.1) is 17.1 Å². The summed E-state index contributed by atoms with van der Waals surface area (Å²) >= 11 is 2.54. The molecule has 0 amide bonds. The van der Waals surface area contributed by atoms with Crippen LogP contribution >= 0.6 is 23.1 Å². The molecule has 0 aliphatic rings. The first-order chi connectivity index (χ1) is 22.8. The molecule has 0 atom stereocenters. The molecule has 0 fully saturated rings. The number of aromatic nitrogens is 3. The smallest absolute Gasteiger partial charge is 0.252 e. The van der Waals surface area contributed by atoms with Crippen molar-refractivity contribution in [2.45, 2.75) is 13.8 Å². The molecule has 0 spiro atoms. The topological polar surface area (TPSA) is 88.4 Å². The first kappa shape index (κ1) is 28.9. The molecule has 0 saturated carbocycles. The van der Waals surface area contributed by atoms with Crippen LogP contribution in [0.5, 0.6) is 0 Å². The number of fused-ring (bicyclic) bond motifs is 3. The molecule has 0 unspecified atom stereocenters. The zero-order valence-corrected chi connectivity index (χ0v) is 26.4. The maximum atomic E-state index is 14.5. The van der Waals surface area contributed by atoms with Crippen LogP contribution < -0.4 is 21.1 Å². The van der Waals surface area contributed by atoms with Gasteiger partial charge in [0, 0.05) is 50.2 Å². The van der Waals surface area contributed by atoms with Crippen LogP contribution in [0.4, 0.5) is 31.0 Å². The molecule has 8 aromatic rings. The number of nitrogens with zero attached hydrogens (tertiary/aromatic N) is 5. The summed E-state index contributed by atoms with van der Waals surface area (Å²) < 4.78 is 37.6. The number of pyridine rings is 1. The summed E-state index contributed by atoms with van der Waals surface area (Å²) in [5, 5.41) is 1.94. The third-order valence-electron chi connectivity index (χ3n) is 8.08. The Kier molecular flexibility index (Phi) is 6.81. The number of anilines is 3. The lowest BCUT2D eigenvalue weighted by molar-refractivity contribution is 0.592. The Morgan fingerprint density at radius 3 is 2.06 bits per heavy atom. The Morgan fingerprint density at radius 1 is 0.745 bits per heavy atom. The van der Waals surface area contributed by atoms with Crippen molar-refractivity contribution < 1.29 is 8.78 Å². The Bertz CT molecular complexity index is 2630. The summed E-state index contributed by atoms with van der Waals surface area (Å²) in [6, 6.07) is 26.4. The van der Waals surface area contributed by atoms with Crippen LogP contribution in [0, 0.1) is 25.5 Å². The quantitative estimate of drug-likeness (QED) is 0.173. The highest BCUT2D eigenvalue weighted by Gasteiger charge is 2.24. The van der Waals surface area contributed by atoms with Crippen molar-refractivity contribution in [3.8, 4) is 10.4 Å². The van der Waals surface area contributed by atoms with Gasteiger partial charge in [0.2, 0.25) is 5.43 Å². The fourth-order valence-electron chi connectivity index (χ4n) is 5.77. The number of thiophene rings is 1. The Hall–Kier alpha value is -5.52. The van der Waals surface area contributed by atoms with Gasteiger partial charge in [0.15, 0.2) is 5.82 Å². The predicted octanol–water partition coefficient (Wildman–Crippen LogP) is 8.31. The fraction of sp³-hybridized carbons (Fsp3) is 0.0556. The van der Waals surface area contributed by atoms with E-state index in [0.29, 0.717) is 22.7 Å². The zero-order chi connectivity index (χ0) is 32.4. The largest absolute Gasteiger partial charge is 0.301 e. The van der Waals surface area contributed by atoms with Crippen LogP contribution in [-0.4, -0.2) is 13.7 Å². The zero-order valence-electron chi connectivity index (χ0n) is 24.8. The average Bonchev–Trinajstić information content (AvgIpc) is 3.76. The molecule has 0 bridgehead atoms. The van der Waals surface area contributed by atoms with E-state index in [2.05, 4.69) is 98.1 Å². The van der Waals surface area contributed by atoms with Gasteiger partial charge in [-0.1, -0.05) is 59.7 Å². The molecular formula is C36H21F2N5O2S2. The summed E-state index contributed by atoms with van der Waals surface area (Å²) in [7, 11) is 0. The van der Waals surface area contributed by atoms with Gasteiger partial charge < -0.3 is 4.90 Å². The van der Waals surface area contributed by atoms with Crippen LogP contribution in [0.25, 0.3) is 43.0 Å². The second-order valence-electron chi connectivity index (χ2n) is 11.2. The van der Waals surface area contributed by atoms with Crippen molar-refractivity contribution in [1.29, 1.82) is 0 Å². The minimum Gasteiger partial charge on any atom is -0.301 e. The van der Waals surface area contributed by atoms with E-state index in [-0.39, 0.29) is 16.6 Å². The van der Waals surface area contributed by atoms with E-state index in [0.717, 1.165) is 60.9 Å². The van der Waals surface area contributed by atoms with E-state index in [9.17, 15) is 18.4 Å². The van der Waals surface area contributed by atoms with Crippen molar-refractivity contribution >= 4 is 77.8 Å². The normalized spacial score (nSPS) is 12.1. The molecular weight excluding hydrogens is 637 g/mol. The monoisotopic (exact) mass is 657 g/mol. The van der Waals surface area contributed by atoms with Crippen LogP contribution in [0.15, 0.2) is 106 Å². The van der Waals surface area contributed by atoms with Gasteiger partial charge in [-0.15, -0.1) is 11.3 Å². The number of rotatable bonds is 5. The van der Waals surface area contributed by atoms with E-state index in [4.69, 9.17) is 0 Å².